The van der Waals surface area contributed by atoms with Gasteiger partial charge in [-0.1, -0.05) is 35.3 Å². The lowest BCUT2D eigenvalue weighted by Gasteiger charge is -2.50. The zero-order valence-electron chi connectivity index (χ0n) is 20.5. The van der Waals surface area contributed by atoms with E-state index in [2.05, 4.69) is 15.6 Å². The highest BCUT2D eigenvalue weighted by atomic mass is 35.5. The molecule has 0 unspecified atom stereocenters. The summed E-state index contributed by atoms with van der Waals surface area (Å²) in [7, 11) is 0. The van der Waals surface area contributed by atoms with Crippen LogP contribution < -0.4 is 16.4 Å². The van der Waals surface area contributed by atoms with Gasteiger partial charge in [0.05, 0.1) is 15.6 Å². The van der Waals surface area contributed by atoms with E-state index >= 15 is 0 Å². The van der Waals surface area contributed by atoms with Crippen LogP contribution in [0.4, 0.5) is 5.69 Å². The van der Waals surface area contributed by atoms with Crippen LogP contribution in [-0.2, 0) is 20.8 Å². The maximum Gasteiger partial charge on any atom is 0.326 e. The van der Waals surface area contributed by atoms with Gasteiger partial charge in [-0.2, -0.15) is 0 Å². The van der Waals surface area contributed by atoms with Crippen molar-refractivity contribution in [3.05, 3.63) is 57.8 Å². The van der Waals surface area contributed by atoms with E-state index in [1.54, 1.807) is 29.2 Å². The van der Waals surface area contributed by atoms with Crippen LogP contribution in [0.25, 0.3) is 0 Å². The molecule has 5 N–H and O–H groups in total. The van der Waals surface area contributed by atoms with Crippen molar-refractivity contribution in [1.82, 2.24) is 15.2 Å². The lowest BCUT2D eigenvalue weighted by atomic mass is 9.74. The highest BCUT2D eigenvalue weighted by Gasteiger charge is 2.47. The van der Waals surface area contributed by atoms with Gasteiger partial charge in [-0.25, -0.2) is 4.79 Å². The van der Waals surface area contributed by atoms with Gasteiger partial charge in [0.2, 0.25) is 11.8 Å². The van der Waals surface area contributed by atoms with E-state index in [0.29, 0.717) is 11.3 Å². The summed E-state index contributed by atoms with van der Waals surface area (Å²) in [6, 6.07) is 4.66. The maximum atomic E-state index is 13.3. The molecule has 1 aliphatic carbocycles. The first kappa shape index (κ1) is 27.8. The number of pyridine rings is 1. The molecule has 10 nitrogen and oxygen atoms in total. The number of rotatable bonds is 9. The standard InChI is InChI=1S/C26H29Cl2N5O5/c27-18-12-30-13-19(28)22(18)24(35)31-16-5-1-14(2-6-16)11-20(26(37)38)32-25(36)23-15-3-7-17(8-4-15)33(23)21(34)9-10-29/h1-2,5-6,12-13,15,17,20,23H,3-4,7-11,29H2,(H,31,35)(H,32,36)(H,37,38)/t15?,17?,20-,23-/m0/s1. The van der Waals surface area contributed by atoms with Crippen LogP contribution in [0.15, 0.2) is 36.7 Å². The average Bonchev–Trinajstić information content (AvgIpc) is 2.89. The number of benzene rings is 1. The Bertz CT molecular complexity index is 1200. The molecular weight excluding hydrogens is 533 g/mol. The van der Waals surface area contributed by atoms with Gasteiger partial charge in [0.1, 0.15) is 12.1 Å². The number of carboxylic acids is 1. The van der Waals surface area contributed by atoms with Gasteiger partial charge in [0.15, 0.2) is 0 Å². The number of carboxylic acid groups (broad SMARTS) is 1. The Kier molecular flexibility index (Phi) is 8.86. The number of anilines is 1. The van der Waals surface area contributed by atoms with Crippen LogP contribution in [-0.4, -0.2) is 63.4 Å². The van der Waals surface area contributed by atoms with E-state index in [1.165, 1.54) is 12.4 Å². The Morgan fingerprint density at radius 3 is 2.26 bits per heavy atom. The molecule has 1 aromatic heterocycles. The lowest BCUT2D eigenvalue weighted by molar-refractivity contribution is -0.154. The SMILES string of the molecule is NCCC(=O)N1C2CCC(CC2)[C@H]1C(=O)N[C@@H](Cc1ccc(NC(=O)c2c(Cl)cncc2Cl)cc1)C(=O)O. The Balaban J connectivity index is 1.42. The number of hydrogen-bond acceptors (Lipinski definition) is 6. The molecular formula is C26H29Cl2N5O5. The maximum absolute atomic E-state index is 13.3. The summed E-state index contributed by atoms with van der Waals surface area (Å²) in [5, 5.41) is 15.4. The number of carbonyl (C=O) groups excluding carboxylic acids is 3. The first-order valence-electron chi connectivity index (χ1n) is 12.4. The summed E-state index contributed by atoms with van der Waals surface area (Å²) in [5.41, 5.74) is 6.76. The van der Waals surface area contributed by atoms with E-state index < -0.39 is 29.9 Å². The minimum absolute atomic E-state index is 0.00136. The summed E-state index contributed by atoms with van der Waals surface area (Å²) in [6.45, 7) is 0.192. The highest BCUT2D eigenvalue weighted by molar-refractivity contribution is 6.40. The monoisotopic (exact) mass is 561 g/mol. The molecule has 1 aromatic carbocycles. The Morgan fingerprint density at radius 2 is 1.68 bits per heavy atom. The predicted molar refractivity (Wildman–Crippen MR) is 142 cm³/mol. The number of aliphatic carboxylic acids is 1. The number of nitrogens with two attached hydrogens (primary N) is 1. The fourth-order valence-electron chi connectivity index (χ4n) is 5.34. The van der Waals surface area contributed by atoms with Gasteiger partial charge in [-0.05, 0) is 49.3 Å². The second-order valence-electron chi connectivity index (χ2n) is 9.59. The molecule has 0 radical (unpaired) electrons. The molecule has 2 aromatic rings. The van der Waals surface area contributed by atoms with Crippen molar-refractivity contribution in [3.8, 4) is 0 Å². The fraction of sp³-hybridized carbons (Fsp3) is 0.423. The Hall–Kier alpha value is -3.21. The molecule has 5 rings (SSSR count). The second kappa shape index (κ2) is 12.1. The minimum atomic E-state index is -1.19. The highest BCUT2D eigenvalue weighted by Crippen LogP contribution is 2.40. The lowest BCUT2D eigenvalue weighted by Crippen LogP contribution is -2.64. The van der Waals surface area contributed by atoms with Gasteiger partial charge < -0.3 is 26.4 Å². The van der Waals surface area contributed by atoms with Crippen molar-refractivity contribution in [3.63, 3.8) is 0 Å². The molecule has 0 spiro atoms. The molecule has 2 aliphatic heterocycles. The molecule has 3 aliphatic rings. The number of piperidine rings is 2. The van der Waals surface area contributed by atoms with Crippen molar-refractivity contribution in [1.29, 1.82) is 0 Å². The van der Waals surface area contributed by atoms with E-state index in [1.807, 2.05) is 0 Å². The first-order valence-corrected chi connectivity index (χ1v) is 13.2. The Labute approximate surface area is 229 Å². The molecule has 3 heterocycles. The zero-order valence-corrected chi connectivity index (χ0v) is 22.0. The molecule has 3 fully saturated rings. The fourth-order valence-corrected chi connectivity index (χ4v) is 5.88. The van der Waals surface area contributed by atoms with E-state index in [0.717, 1.165) is 25.7 Å². The van der Waals surface area contributed by atoms with Crippen molar-refractivity contribution in [2.45, 2.75) is 56.7 Å². The Morgan fingerprint density at radius 1 is 1.05 bits per heavy atom. The largest absolute Gasteiger partial charge is 0.480 e. The van der Waals surface area contributed by atoms with E-state index in [-0.39, 0.29) is 52.9 Å². The number of aromatic nitrogens is 1. The number of hydrogen-bond donors (Lipinski definition) is 4. The van der Waals surface area contributed by atoms with Crippen LogP contribution in [0, 0.1) is 5.92 Å². The summed E-state index contributed by atoms with van der Waals surface area (Å²) in [6.07, 6.45) is 6.15. The van der Waals surface area contributed by atoms with Crippen LogP contribution >= 0.6 is 23.2 Å². The van der Waals surface area contributed by atoms with Crippen molar-refractivity contribution in [2.24, 2.45) is 11.7 Å². The first-order chi connectivity index (χ1) is 18.2. The van der Waals surface area contributed by atoms with Gasteiger partial charge in [-0.15, -0.1) is 0 Å². The molecule has 2 bridgehead atoms. The number of amides is 3. The summed E-state index contributed by atoms with van der Waals surface area (Å²) < 4.78 is 0. The molecule has 3 amide bonds. The average molecular weight is 562 g/mol. The number of halogens is 2. The summed E-state index contributed by atoms with van der Waals surface area (Å²) in [5.74, 6) is -2.31. The zero-order chi connectivity index (χ0) is 27.4. The van der Waals surface area contributed by atoms with Crippen molar-refractivity contribution >= 4 is 52.6 Å². The number of nitrogens with zero attached hydrogens (tertiary/aromatic N) is 2. The normalized spacial score (nSPS) is 21.0. The van der Waals surface area contributed by atoms with Gasteiger partial charge in [0, 0.05) is 43.5 Å². The van der Waals surface area contributed by atoms with Gasteiger partial charge >= 0.3 is 5.97 Å². The van der Waals surface area contributed by atoms with Crippen molar-refractivity contribution in [2.75, 3.05) is 11.9 Å². The minimum Gasteiger partial charge on any atom is -0.480 e. The topological polar surface area (TPSA) is 155 Å². The number of fused-ring (bicyclic) bond motifs is 3. The molecule has 202 valence electrons. The third-order valence-corrected chi connectivity index (χ3v) is 7.72. The van der Waals surface area contributed by atoms with Crippen molar-refractivity contribution < 1.29 is 24.3 Å². The quantitative estimate of drug-likeness (QED) is 0.366. The second-order valence-corrected chi connectivity index (χ2v) is 10.4. The molecule has 2 saturated heterocycles. The van der Waals surface area contributed by atoms with Crippen LogP contribution in [0.5, 0.6) is 0 Å². The third kappa shape index (κ3) is 6.09. The van der Waals surface area contributed by atoms with Gasteiger partial charge in [-0.3, -0.25) is 19.4 Å². The number of carbonyl (C=O) groups is 4. The predicted octanol–water partition coefficient (Wildman–Crippen LogP) is 2.87. The summed E-state index contributed by atoms with van der Waals surface area (Å²) in [4.78, 5) is 56.1. The summed E-state index contributed by atoms with van der Waals surface area (Å²) >= 11 is 12.1. The smallest absolute Gasteiger partial charge is 0.326 e. The van der Waals surface area contributed by atoms with Crippen LogP contribution in [0.3, 0.4) is 0 Å². The number of nitrogens with one attached hydrogen (secondary N) is 2. The van der Waals surface area contributed by atoms with E-state index in [9.17, 15) is 24.3 Å². The van der Waals surface area contributed by atoms with Crippen LogP contribution in [0.1, 0.15) is 48.0 Å². The van der Waals surface area contributed by atoms with Crippen LogP contribution in [0.2, 0.25) is 10.0 Å². The molecule has 2 atom stereocenters. The molecule has 38 heavy (non-hydrogen) atoms. The van der Waals surface area contributed by atoms with Gasteiger partial charge in [0.25, 0.3) is 5.91 Å². The third-order valence-electron chi connectivity index (χ3n) is 7.14. The van der Waals surface area contributed by atoms with E-state index in [4.69, 9.17) is 28.9 Å². The molecule has 12 heteroatoms. The molecule has 1 saturated carbocycles.